The Balaban J connectivity index is 1.94. The van der Waals surface area contributed by atoms with Crippen molar-refractivity contribution in [1.29, 1.82) is 0 Å². The van der Waals surface area contributed by atoms with E-state index in [0.29, 0.717) is 11.6 Å². The third-order valence-corrected chi connectivity index (χ3v) is 3.47. The molecule has 0 heterocycles. The number of carbonyl (C=O) groups excluding carboxylic acids is 1. The number of rotatable bonds is 5. The number of hydrogen-bond donors (Lipinski definition) is 2. The Labute approximate surface area is 130 Å². The van der Waals surface area contributed by atoms with Crippen LogP contribution in [-0.2, 0) is 4.79 Å². The molecular formula is C18H21FN2O. The number of nitrogens with one attached hydrogen (secondary N) is 2. The highest BCUT2D eigenvalue weighted by atomic mass is 19.1. The molecule has 2 aromatic carbocycles. The average molecular weight is 300 g/mol. The van der Waals surface area contributed by atoms with Gasteiger partial charge >= 0.3 is 0 Å². The second-order valence-electron chi connectivity index (χ2n) is 5.64. The minimum atomic E-state index is -0.421. The van der Waals surface area contributed by atoms with Crippen molar-refractivity contribution in [2.45, 2.75) is 32.7 Å². The van der Waals surface area contributed by atoms with E-state index in [2.05, 4.69) is 24.5 Å². The van der Waals surface area contributed by atoms with E-state index < -0.39 is 6.04 Å². The zero-order valence-corrected chi connectivity index (χ0v) is 13.1. The minimum absolute atomic E-state index is 0.137. The van der Waals surface area contributed by atoms with Crippen LogP contribution in [0.2, 0.25) is 0 Å². The fraction of sp³-hybridized carbons (Fsp3) is 0.278. The highest BCUT2D eigenvalue weighted by Crippen LogP contribution is 2.17. The predicted octanol–water partition coefficient (Wildman–Crippen LogP) is 4.39. The third kappa shape index (κ3) is 4.32. The Morgan fingerprint density at radius 2 is 1.45 bits per heavy atom. The summed E-state index contributed by atoms with van der Waals surface area (Å²) in [5.41, 5.74) is 2.71. The number of carbonyl (C=O) groups is 1. The molecule has 0 bridgehead atoms. The van der Waals surface area contributed by atoms with Gasteiger partial charge in [-0.25, -0.2) is 4.39 Å². The van der Waals surface area contributed by atoms with Crippen LogP contribution in [0.15, 0.2) is 48.5 Å². The summed E-state index contributed by atoms with van der Waals surface area (Å²) in [6.07, 6.45) is 0. The van der Waals surface area contributed by atoms with Crippen molar-refractivity contribution >= 4 is 17.3 Å². The fourth-order valence-electron chi connectivity index (χ4n) is 2.06. The summed E-state index contributed by atoms with van der Waals surface area (Å²) in [6.45, 7) is 6.02. The van der Waals surface area contributed by atoms with Crippen molar-refractivity contribution in [3.05, 3.63) is 59.9 Å². The van der Waals surface area contributed by atoms with Crippen LogP contribution in [-0.4, -0.2) is 11.9 Å². The number of amides is 1. The molecule has 0 aliphatic heterocycles. The molecule has 0 unspecified atom stereocenters. The van der Waals surface area contributed by atoms with Gasteiger partial charge in [0.15, 0.2) is 0 Å². The highest BCUT2D eigenvalue weighted by molar-refractivity contribution is 5.96. The molecule has 2 aromatic rings. The molecule has 0 saturated carbocycles. The van der Waals surface area contributed by atoms with Crippen LogP contribution in [0.1, 0.15) is 32.3 Å². The van der Waals surface area contributed by atoms with Crippen molar-refractivity contribution < 1.29 is 9.18 Å². The Hall–Kier alpha value is -2.36. The van der Waals surface area contributed by atoms with E-state index >= 15 is 0 Å². The molecule has 22 heavy (non-hydrogen) atoms. The normalized spacial score (nSPS) is 12.0. The Morgan fingerprint density at radius 1 is 0.909 bits per heavy atom. The molecule has 3 nitrogen and oxygen atoms in total. The summed E-state index contributed by atoms with van der Waals surface area (Å²) in [5.74, 6) is 0.0262. The smallest absolute Gasteiger partial charge is 0.246 e. The summed E-state index contributed by atoms with van der Waals surface area (Å²) < 4.78 is 12.9. The van der Waals surface area contributed by atoms with Crippen molar-refractivity contribution in [3.63, 3.8) is 0 Å². The lowest BCUT2D eigenvalue weighted by Gasteiger charge is -2.15. The van der Waals surface area contributed by atoms with Gasteiger partial charge in [0.25, 0.3) is 0 Å². The van der Waals surface area contributed by atoms with Crippen molar-refractivity contribution in [2.75, 3.05) is 10.6 Å². The summed E-state index contributed by atoms with van der Waals surface area (Å²) in [5, 5.41) is 5.90. The van der Waals surface area contributed by atoms with Crippen molar-refractivity contribution in [2.24, 2.45) is 0 Å². The van der Waals surface area contributed by atoms with E-state index in [1.807, 2.05) is 24.3 Å². The first-order chi connectivity index (χ1) is 10.5. The van der Waals surface area contributed by atoms with Crippen LogP contribution in [0.5, 0.6) is 0 Å². The maximum atomic E-state index is 12.9. The number of hydrogen-bond acceptors (Lipinski definition) is 2. The van der Waals surface area contributed by atoms with Gasteiger partial charge in [0.1, 0.15) is 11.9 Å². The summed E-state index contributed by atoms with van der Waals surface area (Å²) >= 11 is 0. The lowest BCUT2D eigenvalue weighted by molar-refractivity contribution is -0.116. The molecule has 0 radical (unpaired) electrons. The first-order valence-corrected chi connectivity index (χ1v) is 7.38. The van der Waals surface area contributed by atoms with Gasteiger partial charge in [0.2, 0.25) is 5.91 Å². The molecule has 0 saturated heterocycles. The first kappa shape index (κ1) is 16.0. The summed E-state index contributed by atoms with van der Waals surface area (Å²) in [6, 6.07) is 13.3. The van der Waals surface area contributed by atoms with E-state index in [0.717, 1.165) is 5.69 Å². The van der Waals surface area contributed by atoms with Crippen molar-refractivity contribution in [1.82, 2.24) is 0 Å². The van der Waals surface area contributed by atoms with E-state index in [4.69, 9.17) is 0 Å². The van der Waals surface area contributed by atoms with Crippen LogP contribution in [0.3, 0.4) is 0 Å². The van der Waals surface area contributed by atoms with Gasteiger partial charge < -0.3 is 10.6 Å². The molecule has 1 atom stereocenters. The van der Waals surface area contributed by atoms with Crippen molar-refractivity contribution in [3.8, 4) is 0 Å². The quantitative estimate of drug-likeness (QED) is 0.860. The first-order valence-electron chi connectivity index (χ1n) is 7.38. The Morgan fingerprint density at radius 3 is 2.00 bits per heavy atom. The summed E-state index contributed by atoms with van der Waals surface area (Å²) in [7, 11) is 0. The lowest BCUT2D eigenvalue weighted by atomic mass is 10.0. The molecule has 2 N–H and O–H groups in total. The molecule has 4 heteroatoms. The Kier molecular flexibility index (Phi) is 5.15. The van der Waals surface area contributed by atoms with E-state index in [1.165, 1.54) is 17.7 Å². The fourth-order valence-corrected chi connectivity index (χ4v) is 2.06. The van der Waals surface area contributed by atoms with E-state index in [-0.39, 0.29) is 11.7 Å². The maximum absolute atomic E-state index is 12.9. The molecule has 0 aromatic heterocycles. The second kappa shape index (κ2) is 7.07. The number of anilines is 2. The standard InChI is InChI=1S/C18H21FN2O/c1-12(2)14-4-8-17(9-5-14)21-18(22)13(3)20-16-10-6-15(19)7-11-16/h4-13,20H,1-3H3,(H,21,22)/t13-/m1/s1. The maximum Gasteiger partial charge on any atom is 0.246 e. The van der Waals surface area contributed by atoms with Gasteiger partial charge in [0.05, 0.1) is 0 Å². The topological polar surface area (TPSA) is 41.1 Å². The van der Waals surface area contributed by atoms with Gasteiger partial charge in [-0.2, -0.15) is 0 Å². The second-order valence-corrected chi connectivity index (χ2v) is 5.64. The Bertz CT molecular complexity index is 621. The lowest BCUT2D eigenvalue weighted by Crippen LogP contribution is -2.31. The molecule has 0 spiro atoms. The van der Waals surface area contributed by atoms with Crippen LogP contribution in [0.4, 0.5) is 15.8 Å². The molecule has 1 amide bonds. The van der Waals surface area contributed by atoms with Gasteiger partial charge in [-0.15, -0.1) is 0 Å². The zero-order chi connectivity index (χ0) is 16.1. The number of halogens is 1. The highest BCUT2D eigenvalue weighted by Gasteiger charge is 2.13. The van der Waals surface area contributed by atoms with Crippen LogP contribution in [0.25, 0.3) is 0 Å². The largest absolute Gasteiger partial charge is 0.374 e. The third-order valence-electron chi connectivity index (χ3n) is 3.47. The monoisotopic (exact) mass is 300 g/mol. The minimum Gasteiger partial charge on any atom is -0.374 e. The summed E-state index contributed by atoms with van der Waals surface area (Å²) in [4.78, 5) is 12.2. The average Bonchev–Trinajstić information content (AvgIpc) is 2.50. The molecular weight excluding hydrogens is 279 g/mol. The molecule has 0 fully saturated rings. The molecule has 116 valence electrons. The van der Waals surface area contributed by atoms with E-state index in [1.54, 1.807) is 19.1 Å². The number of benzene rings is 2. The van der Waals surface area contributed by atoms with Gasteiger partial charge in [-0.05, 0) is 54.8 Å². The predicted molar refractivity (Wildman–Crippen MR) is 88.6 cm³/mol. The zero-order valence-electron chi connectivity index (χ0n) is 13.1. The van der Waals surface area contributed by atoms with Gasteiger partial charge in [-0.3, -0.25) is 4.79 Å². The van der Waals surface area contributed by atoms with Crippen LogP contribution < -0.4 is 10.6 Å². The van der Waals surface area contributed by atoms with Gasteiger partial charge in [-0.1, -0.05) is 26.0 Å². The van der Waals surface area contributed by atoms with Crippen LogP contribution in [0, 0.1) is 5.82 Å². The molecule has 0 aliphatic carbocycles. The molecule has 2 rings (SSSR count). The van der Waals surface area contributed by atoms with Crippen LogP contribution >= 0.6 is 0 Å². The van der Waals surface area contributed by atoms with Gasteiger partial charge in [0, 0.05) is 11.4 Å². The molecule has 0 aliphatic rings. The SMILES string of the molecule is CC(C)c1ccc(NC(=O)[C@@H](C)Nc2ccc(F)cc2)cc1. The van der Waals surface area contributed by atoms with E-state index in [9.17, 15) is 9.18 Å².